The molecule has 3 aromatic carbocycles. The molecule has 3 rings (SSSR count). The number of carbonyl (C=O) groups is 2. The molecule has 0 fully saturated rings. The predicted octanol–water partition coefficient (Wildman–Crippen LogP) is 4.40. The SMILES string of the molecule is Cc1cccc(NS(=O)(=O)c2ccc(Cl)c(C(=O)Nc3ccccc3C(=O)O)c2)c1. The van der Waals surface area contributed by atoms with Gasteiger partial charge in [-0.15, -0.1) is 0 Å². The molecule has 0 bridgehead atoms. The number of aryl methyl sites for hydroxylation is 1. The summed E-state index contributed by atoms with van der Waals surface area (Å²) in [6.45, 7) is 1.83. The number of benzene rings is 3. The molecule has 0 aliphatic heterocycles. The highest BCUT2D eigenvalue weighted by atomic mass is 35.5. The summed E-state index contributed by atoms with van der Waals surface area (Å²) in [5, 5.41) is 11.7. The number of aromatic carboxylic acids is 1. The van der Waals surface area contributed by atoms with Gasteiger partial charge in [0.05, 0.1) is 26.7 Å². The van der Waals surface area contributed by atoms with Crippen LogP contribution in [0.2, 0.25) is 5.02 Å². The molecule has 0 heterocycles. The van der Waals surface area contributed by atoms with Gasteiger partial charge in [0.25, 0.3) is 15.9 Å². The molecule has 1 amide bonds. The number of anilines is 2. The van der Waals surface area contributed by atoms with Gasteiger partial charge in [0.1, 0.15) is 0 Å². The van der Waals surface area contributed by atoms with Crippen LogP contribution >= 0.6 is 11.6 Å². The summed E-state index contributed by atoms with van der Waals surface area (Å²) in [4.78, 5) is 23.9. The molecule has 154 valence electrons. The summed E-state index contributed by atoms with van der Waals surface area (Å²) in [6, 6.07) is 16.4. The van der Waals surface area contributed by atoms with E-state index in [-0.39, 0.29) is 26.7 Å². The molecule has 0 aliphatic rings. The zero-order valence-corrected chi connectivity index (χ0v) is 17.3. The smallest absolute Gasteiger partial charge is 0.337 e. The largest absolute Gasteiger partial charge is 0.478 e. The highest BCUT2D eigenvalue weighted by Gasteiger charge is 2.20. The molecule has 0 unspecified atom stereocenters. The number of hydrogen-bond acceptors (Lipinski definition) is 4. The highest BCUT2D eigenvalue weighted by molar-refractivity contribution is 7.92. The van der Waals surface area contributed by atoms with Crippen molar-refractivity contribution >= 4 is 44.9 Å². The number of carboxylic acid groups (broad SMARTS) is 1. The standard InChI is InChI=1S/C21H17ClN2O5S/c1-13-5-4-6-14(11-13)24-30(28,29)15-9-10-18(22)17(12-15)20(25)23-19-8-3-2-7-16(19)21(26)27/h2-12,24H,1H3,(H,23,25)(H,26,27). The lowest BCUT2D eigenvalue weighted by molar-refractivity contribution is 0.0698. The first kappa shape index (κ1) is 21.4. The molecule has 0 saturated heterocycles. The number of nitrogens with one attached hydrogen (secondary N) is 2. The summed E-state index contributed by atoms with van der Waals surface area (Å²) in [6.07, 6.45) is 0. The summed E-state index contributed by atoms with van der Waals surface area (Å²) < 4.78 is 27.9. The lowest BCUT2D eigenvalue weighted by Crippen LogP contribution is -2.17. The Morgan fingerprint density at radius 2 is 1.67 bits per heavy atom. The molecule has 0 saturated carbocycles. The van der Waals surface area contributed by atoms with Crippen molar-refractivity contribution in [1.82, 2.24) is 0 Å². The van der Waals surface area contributed by atoms with Crippen molar-refractivity contribution in [2.45, 2.75) is 11.8 Å². The van der Waals surface area contributed by atoms with E-state index in [0.29, 0.717) is 5.69 Å². The van der Waals surface area contributed by atoms with Crippen LogP contribution in [-0.4, -0.2) is 25.4 Å². The minimum atomic E-state index is -3.98. The van der Waals surface area contributed by atoms with E-state index in [1.54, 1.807) is 24.3 Å². The second-order valence-electron chi connectivity index (χ2n) is 6.42. The lowest BCUT2D eigenvalue weighted by atomic mass is 10.1. The van der Waals surface area contributed by atoms with Gasteiger partial charge < -0.3 is 10.4 Å². The third-order valence-corrected chi connectivity index (χ3v) is 5.88. The molecular weight excluding hydrogens is 428 g/mol. The van der Waals surface area contributed by atoms with E-state index in [4.69, 9.17) is 11.6 Å². The molecule has 0 radical (unpaired) electrons. The number of hydrogen-bond donors (Lipinski definition) is 3. The average molecular weight is 445 g/mol. The molecule has 0 aliphatic carbocycles. The van der Waals surface area contributed by atoms with Crippen LogP contribution in [0.25, 0.3) is 0 Å². The van der Waals surface area contributed by atoms with Gasteiger partial charge in [0.15, 0.2) is 0 Å². The molecule has 0 atom stereocenters. The monoisotopic (exact) mass is 444 g/mol. The topological polar surface area (TPSA) is 113 Å². The zero-order chi connectivity index (χ0) is 21.9. The molecule has 30 heavy (non-hydrogen) atoms. The fourth-order valence-corrected chi connectivity index (χ4v) is 4.02. The number of carbonyl (C=O) groups excluding carboxylic acids is 1. The van der Waals surface area contributed by atoms with Gasteiger partial charge in [-0.2, -0.15) is 0 Å². The minimum absolute atomic E-state index is 0.0230. The van der Waals surface area contributed by atoms with Gasteiger partial charge in [-0.3, -0.25) is 9.52 Å². The summed E-state index contributed by atoms with van der Waals surface area (Å²) >= 11 is 6.10. The van der Waals surface area contributed by atoms with Crippen molar-refractivity contribution in [3.8, 4) is 0 Å². The molecule has 0 aromatic heterocycles. The Morgan fingerprint density at radius 3 is 2.37 bits per heavy atom. The quantitative estimate of drug-likeness (QED) is 0.521. The maximum absolute atomic E-state index is 12.7. The minimum Gasteiger partial charge on any atom is -0.478 e. The number of rotatable bonds is 6. The van der Waals surface area contributed by atoms with Gasteiger partial charge >= 0.3 is 5.97 Å². The third-order valence-electron chi connectivity index (χ3n) is 4.17. The number of carboxylic acids is 1. The lowest BCUT2D eigenvalue weighted by Gasteiger charge is -2.12. The van der Waals surface area contributed by atoms with Gasteiger partial charge in [0, 0.05) is 5.69 Å². The van der Waals surface area contributed by atoms with Crippen LogP contribution in [0.15, 0.2) is 71.6 Å². The van der Waals surface area contributed by atoms with Crippen LogP contribution in [0.1, 0.15) is 26.3 Å². The first-order valence-corrected chi connectivity index (χ1v) is 10.6. The summed E-state index contributed by atoms with van der Waals surface area (Å²) in [5.74, 6) is -1.95. The van der Waals surface area contributed by atoms with E-state index in [1.165, 1.54) is 30.3 Å². The van der Waals surface area contributed by atoms with Gasteiger partial charge in [-0.1, -0.05) is 35.9 Å². The van der Waals surface area contributed by atoms with Crippen molar-refractivity contribution in [1.29, 1.82) is 0 Å². The number of para-hydroxylation sites is 1. The Bertz CT molecular complexity index is 1240. The van der Waals surface area contributed by atoms with Crippen molar-refractivity contribution in [2.24, 2.45) is 0 Å². The van der Waals surface area contributed by atoms with E-state index < -0.39 is 21.9 Å². The van der Waals surface area contributed by atoms with Crippen LogP contribution in [0, 0.1) is 6.92 Å². The van der Waals surface area contributed by atoms with E-state index in [0.717, 1.165) is 11.6 Å². The Labute approximate surface area is 178 Å². The van der Waals surface area contributed by atoms with E-state index in [2.05, 4.69) is 10.0 Å². The number of sulfonamides is 1. The summed E-state index contributed by atoms with van der Waals surface area (Å²) in [5.41, 5.74) is 1.11. The van der Waals surface area contributed by atoms with Crippen LogP contribution in [0.4, 0.5) is 11.4 Å². The van der Waals surface area contributed by atoms with Crippen molar-refractivity contribution in [3.63, 3.8) is 0 Å². The summed E-state index contributed by atoms with van der Waals surface area (Å²) in [7, 11) is -3.98. The Balaban J connectivity index is 1.91. The Morgan fingerprint density at radius 1 is 0.933 bits per heavy atom. The van der Waals surface area contributed by atoms with Gasteiger partial charge in [-0.05, 0) is 55.0 Å². The van der Waals surface area contributed by atoms with E-state index in [9.17, 15) is 23.1 Å². The van der Waals surface area contributed by atoms with Crippen LogP contribution < -0.4 is 10.0 Å². The normalized spacial score (nSPS) is 11.0. The fourth-order valence-electron chi connectivity index (χ4n) is 2.74. The van der Waals surface area contributed by atoms with Crippen molar-refractivity contribution in [2.75, 3.05) is 10.0 Å². The predicted molar refractivity (Wildman–Crippen MR) is 115 cm³/mol. The number of halogens is 1. The number of amides is 1. The second kappa shape index (κ2) is 8.56. The third kappa shape index (κ3) is 4.79. The van der Waals surface area contributed by atoms with Crippen LogP contribution in [0.3, 0.4) is 0 Å². The van der Waals surface area contributed by atoms with Crippen molar-refractivity contribution < 1.29 is 23.1 Å². The molecule has 3 N–H and O–H groups in total. The Hall–Kier alpha value is -3.36. The average Bonchev–Trinajstić information content (AvgIpc) is 2.68. The first-order chi connectivity index (χ1) is 14.2. The molecule has 9 heteroatoms. The van der Waals surface area contributed by atoms with Gasteiger partial charge in [-0.25, -0.2) is 13.2 Å². The Kier molecular flexibility index (Phi) is 6.09. The molecule has 3 aromatic rings. The second-order valence-corrected chi connectivity index (χ2v) is 8.51. The first-order valence-electron chi connectivity index (χ1n) is 8.70. The maximum atomic E-state index is 12.7. The van der Waals surface area contributed by atoms with E-state index >= 15 is 0 Å². The van der Waals surface area contributed by atoms with Crippen LogP contribution in [0.5, 0.6) is 0 Å². The van der Waals surface area contributed by atoms with Crippen LogP contribution in [-0.2, 0) is 10.0 Å². The fraction of sp³-hybridized carbons (Fsp3) is 0.0476. The van der Waals surface area contributed by atoms with E-state index in [1.807, 2.05) is 13.0 Å². The maximum Gasteiger partial charge on any atom is 0.337 e. The van der Waals surface area contributed by atoms with Crippen molar-refractivity contribution in [3.05, 3.63) is 88.4 Å². The van der Waals surface area contributed by atoms with Gasteiger partial charge in [0.2, 0.25) is 0 Å². The molecule has 0 spiro atoms. The molecule has 7 nitrogen and oxygen atoms in total. The highest BCUT2D eigenvalue weighted by Crippen LogP contribution is 2.25. The molecular formula is C21H17ClN2O5S. The zero-order valence-electron chi connectivity index (χ0n) is 15.7.